The molecule has 1 aliphatic heterocycles. The van der Waals surface area contributed by atoms with E-state index in [9.17, 15) is 4.79 Å². The van der Waals surface area contributed by atoms with E-state index in [-0.39, 0.29) is 6.03 Å². The molecule has 1 aliphatic carbocycles. The summed E-state index contributed by atoms with van der Waals surface area (Å²) in [6.45, 7) is 6.22. The number of hydrogen-bond donors (Lipinski definition) is 2. The monoisotopic (exact) mass is 319 g/mol. The maximum absolute atomic E-state index is 11.5. The lowest BCUT2D eigenvalue weighted by Gasteiger charge is -2.33. The van der Waals surface area contributed by atoms with E-state index in [1.807, 2.05) is 6.92 Å². The molecule has 2 N–H and O–H groups in total. The fourth-order valence-electron chi connectivity index (χ4n) is 3.78. The normalized spacial score (nSPS) is 19.9. The SMILES string of the molecule is CCNC(=O)NCc1cc2n(n1)CCCN(C1CCCCC1)C2. The quantitative estimate of drug-likeness (QED) is 0.895. The van der Waals surface area contributed by atoms with Crippen LogP contribution in [0.25, 0.3) is 0 Å². The van der Waals surface area contributed by atoms with Gasteiger partial charge >= 0.3 is 6.03 Å². The molecule has 128 valence electrons. The smallest absolute Gasteiger partial charge is 0.315 e. The summed E-state index contributed by atoms with van der Waals surface area (Å²) >= 11 is 0. The van der Waals surface area contributed by atoms with Gasteiger partial charge in [0.05, 0.1) is 17.9 Å². The highest BCUT2D eigenvalue weighted by Crippen LogP contribution is 2.25. The lowest BCUT2D eigenvalue weighted by molar-refractivity contribution is 0.150. The molecule has 0 bridgehead atoms. The van der Waals surface area contributed by atoms with E-state index in [0.717, 1.165) is 31.2 Å². The predicted octanol–water partition coefficient (Wildman–Crippen LogP) is 2.24. The standard InChI is InChI=1S/C17H29N5O/c1-2-18-17(23)19-12-14-11-16-13-21(9-6-10-22(16)20-14)15-7-4-3-5-8-15/h11,15H,2-10,12-13H2,1H3,(H2,18,19,23). The second-order valence-corrected chi connectivity index (χ2v) is 6.68. The van der Waals surface area contributed by atoms with Crippen LogP contribution in [0, 0.1) is 0 Å². The van der Waals surface area contributed by atoms with Gasteiger partial charge in [-0.1, -0.05) is 19.3 Å². The van der Waals surface area contributed by atoms with Crippen molar-refractivity contribution in [2.45, 2.75) is 71.1 Å². The summed E-state index contributed by atoms with van der Waals surface area (Å²) in [4.78, 5) is 14.2. The summed E-state index contributed by atoms with van der Waals surface area (Å²) in [5.41, 5.74) is 2.25. The second-order valence-electron chi connectivity index (χ2n) is 6.68. The Balaban J connectivity index is 1.61. The number of nitrogens with zero attached hydrogens (tertiary/aromatic N) is 3. The van der Waals surface area contributed by atoms with Gasteiger partial charge < -0.3 is 10.6 Å². The van der Waals surface area contributed by atoms with Crippen LogP contribution in [0.15, 0.2) is 6.07 Å². The van der Waals surface area contributed by atoms with Crippen molar-refractivity contribution in [1.82, 2.24) is 25.3 Å². The molecule has 1 aromatic heterocycles. The highest BCUT2D eigenvalue weighted by molar-refractivity contribution is 5.73. The van der Waals surface area contributed by atoms with Crippen molar-refractivity contribution in [2.75, 3.05) is 13.1 Å². The van der Waals surface area contributed by atoms with Gasteiger partial charge in [0, 0.05) is 32.2 Å². The Morgan fingerprint density at radius 1 is 1.22 bits per heavy atom. The topological polar surface area (TPSA) is 62.2 Å². The number of urea groups is 1. The first-order chi connectivity index (χ1) is 11.3. The second kappa shape index (κ2) is 7.81. The van der Waals surface area contributed by atoms with E-state index in [2.05, 4.69) is 31.4 Å². The minimum absolute atomic E-state index is 0.125. The van der Waals surface area contributed by atoms with Gasteiger partial charge in [0.2, 0.25) is 0 Å². The summed E-state index contributed by atoms with van der Waals surface area (Å²) in [6, 6.07) is 2.79. The van der Waals surface area contributed by atoms with Crippen molar-refractivity contribution < 1.29 is 4.79 Å². The maximum atomic E-state index is 11.5. The minimum atomic E-state index is -0.125. The molecule has 1 aromatic rings. The fraction of sp³-hybridized carbons (Fsp3) is 0.765. The number of fused-ring (bicyclic) bond motifs is 1. The zero-order chi connectivity index (χ0) is 16.1. The Morgan fingerprint density at radius 2 is 2.04 bits per heavy atom. The zero-order valence-corrected chi connectivity index (χ0v) is 14.2. The summed E-state index contributed by atoms with van der Waals surface area (Å²) in [6.07, 6.45) is 8.01. The number of hydrogen-bond acceptors (Lipinski definition) is 3. The lowest BCUT2D eigenvalue weighted by atomic mass is 9.94. The third kappa shape index (κ3) is 4.25. The van der Waals surface area contributed by atoms with Crippen LogP contribution < -0.4 is 10.6 Å². The molecule has 1 saturated carbocycles. The Bertz CT molecular complexity index is 521. The lowest BCUT2D eigenvalue weighted by Crippen LogP contribution is -2.36. The number of rotatable bonds is 4. The molecule has 2 heterocycles. The third-order valence-electron chi connectivity index (χ3n) is 4.95. The molecule has 0 saturated heterocycles. The van der Waals surface area contributed by atoms with Gasteiger partial charge in [-0.3, -0.25) is 9.58 Å². The minimum Gasteiger partial charge on any atom is -0.338 e. The molecule has 0 aromatic carbocycles. The van der Waals surface area contributed by atoms with Crippen molar-refractivity contribution >= 4 is 6.03 Å². The largest absolute Gasteiger partial charge is 0.338 e. The fourth-order valence-corrected chi connectivity index (χ4v) is 3.78. The summed E-state index contributed by atoms with van der Waals surface area (Å²) in [5.74, 6) is 0. The highest BCUT2D eigenvalue weighted by Gasteiger charge is 2.24. The van der Waals surface area contributed by atoms with Gasteiger partial charge in [0.1, 0.15) is 0 Å². The number of amides is 2. The number of nitrogens with one attached hydrogen (secondary N) is 2. The first-order valence-corrected chi connectivity index (χ1v) is 9.07. The van der Waals surface area contributed by atoms with E-state index in [4.69, 9.17) is 0 Å². The number of aromatic nitrogens is 2. The van der Waals surface area contributed by atoms with Crippen LogP contribution in [0.5, 0.6) is 0 Å². The number of carbonyl (C=O) groups excluding carboxylic acids is 1. The molecule has 6 nitrogen and oxygen atoms in total. The average Bonchev–Trinajstić information content (AvgIpc) is 2.84. The molecule has 0 atom stereocenters. The molecule has 2 amide bonds. The molecular formula is C17H29N5O. The van der Waals surface area contributed by atoms with Crippen molar-refractivity contribution in [3.63, 3.8) is 0 Å². The van der Waals surface area contributed by atoms with E-state index in [1.165, 1.54) is 44.3 Å². The number of aryl methyl sites for hydroxylation is 1. The van der Waals surface area contributed by atoms with Crippen LogP contribution in [-0.2, 0) is 19.6 Å². The van der Waals surface area contributed by atoms with Crippen LogP contribution in [0.1, 0.15) is 56.8 Å². The van der Waals surface area contributed by atoms with Crippen molar-refractivity contribution in [3.8, 4) is 0 Å². The van der Waals surface area contributed by atoms with Gasteiger partial charge in [0.25, 0.3) is 0 Å². The molecule has 0 unspecified atom stereocenters. The number of carbonyl (C=O) groups is 1. The molecule has 3 rings (SSSR count). The molecule has 0 spiro atoms. The van der Waals surface area contributed by atoms with Crippen LogP contribution >= 0.6 is 0 Å². The van der Waals surface area contributed by atoms with Gasteiger partial charge in [-0.05, 0) is 32.3 Å². The molecule has 2 aliphatic rings. The maximum Gasteiger partial charge on any atom is 0.315 e. The third-order valence-corrected chi connectivity index (χ3v) is 4.95. The van der Waals surface area contributed by atoms with Crippen LogP contribution in [0.3, 0.4) is 0 Å². The van der Waals surface area contributed by atoms with Gasteiger partial charge in [-0.15, -0.1) is 0 Å². The van der Waals surface area contributed by atoms with Crippen LogP contribution in [0.4, 0.5) is 4.79 Å². The first kappa shape index (κ1) is 16.3. The van der Waals surface area contributed by atoms with Gasteiger partial charge in [0.15, 0.2) is 0 Å². The zero-order valence-electron chi connectivity index (χ0n) is 14.2. The van der Waals surface area contributed by atoms with Crippen molar-refractivity contribution in [3.05, 3.63) is 17.5 Å². The highest BCUT2D eigenvalue weighted by atomic mass is 16.2. The van der Waals surface area contributed by atoms with Crippen molar-refractivity contribution in [1.29, 1.82) is 0 Å². The molecule has 23 heavy (non-hydrogen) atoms. The molecule has 1 fully saturated rings. The van der Waals surface area contributed by atoms with E-state index in [1.54, 1.807) is 0 Å². The Labute approximate surface area is 138 Å². The Morgan fingerprint density at radius 3 is 2.83 bits per heavy atom. The van der Waals surface area contributed by atoms with Crippen LogP contribution in [0.2, 0.25) is 0 Å². The van der Waals surface area contributed by atoms with Crippen LogP contribution in [-0.4, -0.2) is 39.8 Å². The Kier molecular flexibility index (Phi) is 5.54. The van der Waals surface area contributed by atoms with Crippen molar-refractivity contribution in [2.24, 2.45) is 0 Å². The summed E-state index contributed by atoms with van der Waals surface area (Å²) in [7, 11) is 0. The van der Waals surface area contributed by atoms with E-state index < -0.39 is 0 Å². The van der Waals surface area contributed by atoms with Gasteiger partial charge in [-0.25, -0.2) is 4.79 Å². The predicted molar refractivity (Wildman–Crippen MR) is 90.0 cm³/mol. The Hall–Kier alpha value is -1.56. The van der Waals surface area contributed by atoms with E-state index >= 15 is 0 Å². The first-order valence-electron chi connectivity index (χ1n) is 9.07. The van der Waals surface area contributed by atoms with Gasteiger partial charge in [-0.2, -0.15) is 5.10 Å². The average molecular weight is 319 g/mol. The van der Waals surface area contributed by atoms with E-state index in [0.29, 0.717) is 13.1 Å². The summed E-state index contributed by atoms with van der Waals surface area (Å²) < 4.78 is 2.14. The summed E-state index contributed by atoms with van der Waals surface area (Å²) in [5, 5.41) is 10.3. The molecule has 6 heteroatoms. The molecule has 0 radical (unpaired) electrons. The molecular weight excluding hydrogens is 290 g/mol.